The molecule has 0 fully saturated rings. The lowest BCUT2D eigenvalue weighted by Gasteiger charge is -2.15. The SMILES string of the molecule is Cc1ccc(-c2ccccc2)c2c1ccc1c(Br)cc(-c3ccccc3)cc12. The Balaban J connectivity index is 1.93. The monoisotopic (exact) mass is 422 g/mol. The van der Waals surface area contributed by atoms with Gasteiger partial charge in [0.05, 0.1) is 0 Å². The third-order valence-electron chi connectivity index (χ3n) is 5.47. The molecule has 28 heavy (non-hydrogen) atoms. The Morgan fingerprint density at radius 1 is 0.536 bits per heavy atom. The van der Waals surface area contributed by atoms with E-state index in [1.165, 1.54) is 49.4 Å². The van der Waals surface area contributed by atoms with E-state index in [1.54, 1.807) is 0 Å². The zero-order chi connectivity index (χ0) is 19.1. The average Bonchev–Trinajstić information content (AvgIpc) is 2.75. The highest BCUT2D eigenvalue weighted by Gasteiger charge is 2.13. The number of aryl methyl sites for hydroxylation is 1. The largest absolute Gasteiger partial charge is 0.0622 e. The van der Waals surface area contributed by atoms with Gasteiger partial charge >= 0.3 is 0 Å². The maximum Gasteiger partial charge on any atom is 0.0260 e. The Labute approximate surface area is 173 Å². The molecular formula is C27H19Br. The van der Waals surface area contributed by atoms with Gasteiger partial charge in [0.15, 0.2) is 0 Å². The number of rotatable bonds is 2. The molecule has 0 bridgehead atoms. The van der Waals surface area contributed by atoms with Crippen LogP contribution in [0.25, 0.3) is 43.8 Å². The summed E-state index contributed by atoms with van der Waals surface area (Å²) in [5.41, 5.74) is 6.30. The van der Waals surface area contributed by atoms with Gasteiger partial charge < -0.3 is 0 Å². The number of hydrogen-bond acceptors (Lipinski definition) is 0. The van der Waals surface area contributed by atoms with Crippen LogP contribution >= 0.6 is 15.9 Å². The molecule has 0 N–H and O–H groups in total. The summed E-state index contributed by atoms with van der Waals surface area (Å²) in [4.78, 5) is 0. The quantitative estimate of drug-likeness (QED) is 0.250. The van der Waals surface area contributed by atoms with E-state index in [4.69, 9.17) is 0 Å². The fourth-order valence-corrected chi connectivity index (χ4v) is 4.64. The van der Waals surface area contributed by atoms with Crippen molar-refractivity contribution in [2.45, 2.75) is 6.92 Å². The lowest BCUT2D eigenvalue weighted by Crippen LogP contribution is -1.88. The number of benzene rings is 5. The molecular weight excluding hydrogens is 404 g/mol. The van der Waals surface area contributed by atoms with Crippen LogP contribution in [0.5, 0.6) is 0 Å². The predicted octanol–water partition coefficient (Wildman–Crippen LogP) is 8.40. The van der Waals surface area contributed by atoms with Crippen LogP contribution in [0, 0.1) is 6.92 Å². The van der Waals surface area contributed by atoms with E-state index in [9.17, 15) is 0 Å². The van der Waals surface area contributed by atoms with Gasteiger partial charge in [-0.05, 0) is 68.4 Å². The molecule has 5 aromatic rings. The van der Waals surface area contributed by atoms with Crippen molar-refractivity contribution in [2.24, 2.45) is 0 Å². The first kappa shape index (κ1) is 17.2. The summed E-state index contributed by atoms with van der Waals surface area (Å²) in [6.45, 7) is 2.19. The third-order valence-corrected chi connectivity index (χ3v) is 6.13. The van der Waals surface area contributed by atoms with Crippen molar-refractivity contribution < 1.29 is 0 Å². The molecule has 0 saturated heterocycles. The molecule has 0 unspecified atom stereocenters. The summed E-state index contributed by atoms with van der Waals surface area (Å²) in [7, 11) is 0. The lowest BCUT2D eigenvalue weighted by atomic mass is 9.90. The van der Waals surface area contributed by atoms with Gasteiger partial charge in [-0.1, -0.05) is 101 Å². The fraction of sp³-hybridized carbons (Fsp3) is 0.0370. The highest BCUT2D eigenvalue weighted by molar-refractivity contribution is 9.10. The van der Waals surface area contributed by atoms with E-state index >= 15 is 0 Å². The molecule has 1 heteroatoms. The lowest BCUT2D eigenvalue weighted by molar-refractivity contribution is 1.53. The van der Waals surface area contributed by atoms with Gasteiger partial charge in [0, 0.05) is 4.47 Å². The Kier molecular flexibility index (Phi) is 4.26. The predicted molar refractivity (Wildman–Crippen MR) is 125 cm³/mol. The summed E-state index contributed by atoms with van der Waals surface area (Å²) < 4.78 is 1.13. The van der Waals surface area contributed by atoms with Gasteiger partial charge in [-0.15, -0.1) is 0 Å². The molecule has 5 rings (SSSR count). The minimum Gasteiger partial charge on any atom is -0.0622 e. The smallest absolute Gasteiger partial charge is 0.0260 e. The number of halogens is 1. The van der Waals surface area contributed by atoms with Crippen molar-refractivity contribution in [1.29, 1.82) is 0 Å². The van der Waals surface area contributed by atoms with E-state index in [0.29, 0.717) is 0 Å². The first-order valence-electron chi connectivity index (χ1n) is 9.49. The first-order chi connectivity index (χ1) is 13.7. The molecule has 0 aromatic heterocycles. The second kappa shape index (κ2) is 6.92. The van der Waals surface area contributed by atoms with Gasteiger partial charge in [0.25, 0.3) is 0 Å². The Morgan fingerprint density at radius 2 is 1.18 bits per heavy atom. The summed E-state index contributed by atoms with van der Waals surface area (Å²) >= 11 is 3.83. The molecule has 0 radical (unpaired) electrons. The van der Waals surface area contributed by atoms with E-state index in [-0.39, 0.29) is 0 Å². The molecule has 0 aliphatic carbocycles. The topological polar surface area (TPSA) is 0 Å². The van der Waals surface area contributed by atoms with Gasteiger partial charge in [-0.3, -0.25) is 0 Å². The molecule has 0 aliphatic heterocycles. The molecule has 0 aliphatic rings. The summed E-state index contributed by atoms with van der Waals surface area (Å²) in [5, 5.41) is 5.16. The summed E-state index contributed by atoms with van der Waals surface area (Å²) in [5.74, 6) is 0. The van der Waals surface area contributed by atoms with E-state index in [2.05, 4.69) is 120 Å². The van der Waals surface area contributed by atoms with Crippen LogP contribution in [0.15, 0.2) is 102 Å². The molecule has 134 valence electrons. The van der Waals surface area contributed by atoms with Crippen molar-refractivity contribution >= 4 is 37.5 Å². The van der Waals surface area contributed by atoms with Crippen LogP contribution in [0.4, 0.5) is 0 Å². The van der Waals surface area contributed by atoms with Crippen molar-refractivity contribution in [1.82, 2.24) is 0 Å². The molecule has 0 atom stereocenters. The van der Waals surface area contributed by atoms with Gasteiger partial charge in [0.1, 0.15) is 0 Å². The number of fused-ring (bicyclic) bond motifs is 3. The highest BCUT2D eigenvalue weighted by Crippen LogP contribution is 2.40. The first-order valence-corrected chi connectivity index (χ1v) is 10.3. The van der Waals surface area contributed by atoms with Crippen LogP contribution in [0.1, 0.15) is 5.56 Å². The summed E-state index contributed by atoms with van der Waals surface area (Å²) in [6, 6.07) is 34.8. The van der Waals surface area contributed by atoms with Crippen LogP contribution < -0.4 is 0 Å². The van der Waals surface area contributed by atoms with Crippen molar-refractivity contribution in [3.05, 3.63) is 107 Å². The average molecular weight is 423 g/mol. The van der Waals surface area contributed by atoms with Crippen molar-refractivity contribution in [3.8, 4) is 22.3 Å². The van der Waals surface area contributed by atoms with Gasteiger partial charge in [0.2, 0.25) is 0 Å². The van der Waals surface area contributed by atoms with Crippen molar-refractivity contribution in [2.75, 3.05) is 0 Å². The Bertz CT molecular complexity index is 1300. The van der Waals surface area contributed by atoms with Crippen molar-refractivity contribution in [3.63, 3.8) is 0 Å². The normalized spacial score (nSPS) is 11.2. The van der Waals surface area contributed by atoms with E-state index in [0.717, 1.165) is 4.47 Å². The molecule has 0 heterocycles. The maximum atomic E-state index is 3.83. The van der Waals surface area contributed by atoms with Gasteiger partial charge in [-0.2, -0.15) is 0 Å². The van der Waals surface area contributed by atoms with Crippen LogP contribution in [0.2, 0.25) is 0 Å². The van der Waals surface area contributed by atoms with Gasteiger partial charge in [-0.25, -0.2) is 0 Å². The number of hydrogen-bond donors (Lipinski definition) is 0. The maximum absolute atomic E-state index is 3.83. The standard InChI is InChI=1S/C27H19Br/c1-18-12-13-23(20-10-6-3-7-11-20)27-22(18)14-15-24-25(27)16-21(17-26(24)28)19-8-4-2-5-9-19/h2-17H,1H3. The van der Waals surface area contributed by atoms with Crippen LogP contribution in [-0.2, 0) is 0 Å². The van der Waals surface area contributed by atoms with E-state index < -0.39 is 0 Å². The zero-order valence-corrected chi connectivity index (χ0v) is 17.2. The van der Waals surface area contributed by atoms with E-state index in [1.807, 2.05) is 0 Å². The minimum atomic E-state index is 1.13. The van der Waals surface area contributed by atoms with Crippen LogP contribution in [0.3, 0.4) is 0 Å². The molecule has 0 spiro atoms. The second-order valence-electron chi connectivity index (χ2n) is 7.20. The minimum absolute atomic E-state index is 1.13. The molecule has 0 amide bonds. The summed E-state index contributed by atoms with van der Waals surface area (Å²) in [6.07, 6.45) is 0. The molecule has 5 aromatic carbocycles. The second-order valence-corrected chi connectivity index (χ2v) is 8.06. The molecule has 0 nitrogen and oxygen atoms in total. The fourth-order valence-electron chi connectivity index (χ4n) is 4.04. The Morgan fingerprint density at radius 3 is 1.89 bits per heavy atom. The van der Waals surface area contributed by atoms with Crippen LogP contribution in [-0.4, -0.2) is 0 Å². The zero-order valence-electron chi connectivity index (χ0n) is 15.6. The molecule has 0 saturated carbocycles. The Hall–Kier alpha value is -2.90. The third kappa shape index (κ3) is 2.83. The highest BCUT2D eigenvalue weighted by atomic mass is 79.9.